The molecule has 17 nitrogen and oxygen atoms in total. The van der Waals surface area contributed by atoms with Crippen LogP contribution in [0.1, 0.15) is 420 Å². The highest BCUT2D eigenvalue weighted by atomic mass is 31.2. The summed E-state index contributed by atoms with van der Waals surface area (Å²) in [6, 6.07) is 0. The molecular weight excluding hydrogens is 1290 g/mol. The van der Waals surface area contributed by atoms with Gasteiger partial charge in [0.15, 0.2) is 12.2 Å². The number of phosphoric acid groups is 2. The Labute approximate surface area is 607 Å². The summed E-state index contributed by atoms with van der Waals surface area (Å²) in [5, 5.41) is 10.6. The SMILES string of the molecule is CCCCCCCCCCCCCCCCCCCCCCCC(=O)O[C@H](COC(=O)CCCCCCCCCCCCCCCCC(C)C)COP(=O)(O)OC[C@@H](O)COP(=O)(O)OC[C@@H](COC(=O)CCCCCCCCCC)OC(=O)CCCCCCCCCCCCC(C)C. The Kier molecular flexibility index (Phi) is 70.3. The van der Waals surface area contributed by atoms with E-state index in [2.05, 4.69) is 41.5 Å². The van der Waals surface area contributed by atoms with Gasteiger partial charge in [-0.1, -0.05) is 369 Å². The number of hydrogen-bond donors (Lipinski definition) is 3. The molecule has 3 N–H and O–H groups in total. The van der Waals surface area contributed by atoms with Gasteiger partial charge < -0.3 is 33.8 Å². The van der Waals surface area contributed by atoms with Gasteiger partial charge in [-0.2, -0.15) is 0 Å². The van der Waals surface area contributed by atoms with Gasteiger partial charge >= 0.3 is 39.5 Å². The maximum atomic E-state index is 13.1. The lowest BCUT2D eigenvalue weighted by atomic mass is 10.0. The van der Waals surface area contributed by atoms with Crippen molar-refractivity contribution in [3.8, 4) is 0 Å². The van der Waals surface area contributed by atoms with Crippen LogP contribution in [0.25, 0.3) is 0 Å². The third-order valence-corrected chi connectivity index (χ3v) is 20.6. The summed E-state index contributed by atoms with van der Waals surface area (Å²) < 4.78 is 68.6. The van der Waals surface area contributed by atoms with Crippen LogP contribution in [0.2, 0.25) is 0 Å². The van der Waals surface area contributed by atoms with Crippen LogP contribution in [0.4, 0.5) is 0 Å². The number of aliphatic hydroxyl groups excluding tert-OH is 1. The molecule has 0 rings (SSSR count). The highest BCUT2D eigenvalue weighted by Crippen LogP contribution is 2.45. The van der Waals surface area contributed by atoms with E-state index in [0.29, 0.717) is 25.7 Å². The van der Waals surface area contributed by atoms with E-state index in [4.69, 9.17) is 37.0 Å². The van der Waals surface area contributed by atoms with Gasteiger partial charge in [0.05, 0.1) is 26.4 Å². The second-order valence-corrected chi connectivity index (χ2v) is 32.7. The smallest absolute Gasteiger partial charge is 0.462 e. The Balaban J connectivity index is 5.19. The first kappa shape index (κ1) is 97.1. The molecule has 0 saturated heterocycles. The zero-order chi connectivity index (χ0) is 72.8. The summed E-state index contributed by atoms with van der Waals surface area (Å²) in [6.45, 7) is 9.61. The second-order valence-electron chi connectivity index (χ2n) is 29.8. The summed E-state index contributed by atoms with van der Waals surface area (Å²) in [5.41, 5.74) is 0. The minimum Gasteiger partial charge on any atom is -0.462 e. The highest BCUT2D eigenvalue weighted by molar-refractivity contribution is 7.47. The average molecular weight is 1450 g/mol. The number of carbonyl (C=O) groups excluding carboxylic acids is 4. The van der Waals surface area contributed by atoms with Crippen molar-refractivity contribution >= 4 is 39.5 Å². The van der Waals surface area contributed by atoms with Gasteiger partial charge in [0.2, 0.25) is 0 Å². The van der Waals surface area contributed by atoms with Gasteiger partial charge in [-0.25, -0.2) is 9.13 Å². The number of unbranched alkanes of at least 4 members (excludes halogenated alkanes) is 49. The Morgan fingerprint density at radius 1 is 0.273 bits per heavy atom. The van der Waals surface area contributed by atoms with Gasteiger partial charge in [0.25, 0.3) is 0 Å². The average Bonchev–Trinajstić information content (AvgIpc) is 0.989. The van der Waals surface area contributed by atoms with Crippen molar-refractivity contribution < 1.29 is 80.2 Å². The van der Waals surface area contributed by atoms with E-state index in [9.17, 15) is 43.2 Å². The number of rotatable bonds is 79. The molecule has 0 heterocycles. The second kappa shape index (κ2) is 71.7. The van der Waals surface area contributed by atoms with E-state index >= 15 is 0 Å². The van der Waals surface area contributed by atoms with Gasteiger partial charge in [-0.3, -0.25) is 37.3 Å². The molecule has 0 aromatic carbocycles. The summed E-state index contributed by atoms with van der Waals surface area (Å²) >= 11 is 0. The lowest BCUT2D eigenvalue weighted by molar-refractivity contribution is -0.161. The van der Waals surface area contributed by atoms with Crippen LogP contribution in [0.3, 0.4) is 0 Å². The number of carbonyl (C=O) groups is 4. The molecule has 19 heteroatoms. The van der Waals surface area contributed by atoms with Gasteiger partial charge in [0, 0.05) is 25.7 Å². The summed E-state index contributed by atoms with van der Waals surface area (Å²) in [5.74, 6) is -0.562. The summed E-state index contributed by atoms with van der Waals surface area (Å²) in [4.78, 5) is 72.9. The zero-order valence-electron chi connectivity index (χ0n) is 64.8. The Bertz CT molecular complexity index is 1910. The largest absolute Gasteiger partial charge is 0.472 e. The van der Waals surface area contributed by atoms with Crippen molar-refractivity contribution in [2.45, 2.75) is 439 Å². The van der Waals surface area contributed by atoms with Crippen LogP contribution < -0.4 is 0 Å². The lowest BCUT2D eigenvalue weighted by Gasteiger charge is -2.21. The molecule has 0 aliphatic rings. The third kappa shape index (κ3) is 74.1. The fourth-order valence-electron chi connectivity index (χ4n) is 12.4. The molecule has 0 aromatic heterocycles. The lowest BCUT2D eigenvalue weighted by Crippen LogP contribution is -2.30. The van der Waals surface area contributed by atoms with Crippen LogP contribution in [0, 0.1) is 11.8 Å². The van der Waals surface area contributed by atoms with Gasteiger partial charge in [-0.05, 0) is 37.5 Å². The molecular formula is C80H156O17P2. The van der Waals surface area contributed by atoms with Crippen LogP contribution in [0.15, 0.2) is 0 Å². The van der Waals surface area contributed by atoms with E-state index in [1.807, 2.05) is 0 Å². The van der Waals surface area contributed by atoms with Gasteiger partial charge in [-0.15, -0.1) is 0 Å². The van der Waals surface area contributed by atoms with Gasteiger partial charge in [0.1, 0.15) is 19.3 Å². The number of hydrogen-bond acceptors (Lipinski definition) is 15. The highest BCUT2D eigenvalue weighted by Gasteiger charge is 2.30. The predicted molar refractivity (Wildman–Crippen MR) is 405 cm³/mol. The number of ether oxygens (including phenoxy) is 4. The van der Waals surface area contributed by atoms with E-state index in [1.165, 1.54) is 231 Å². The first-order chi connectivity index (χ1) is 47.9. The molecule has 2 unspecified atom stereocenters. The molecule has 0 aliphatic carbocycles. The summed E-state index contributed by atoms with van der Waals surface area (Å²) in [6.07, 6.45) is 61.2. The first-order valence-electron chi connectivity index (χ1n) is 41.5. The molecule has 99 heavy (non-hydrogen) atoms. The van der Waals surface area contributed by atoms with Crippen LogP contribution >= 0.6 is 15.6 Å². The molecule has 0 spiro atoms. The predicted octanol–water partition coefficient (Wildman–Crippen LogP) is 23.9. The van der Waals surface area contributed by atoms with E-state index in [-0.39, 0.29) is 25.7 Å². The number of phosphoric ester groups is 2. The minimum atomic E-state index is -4.96. The molecule has 0 amide bonds. The molecule has 0 saturated carbocycles. The number of esters is 4. The zero-order valence-corrected chi connectivity index (χ0v) is 66.6. The molecule has 0 aliphatic heterocycles. The van der Waals surface area contributed by atoms with Crippen molar-refractivity contribution in [2.24, 2.45) is 11.8 Å². The molecule has 0 radical (unpaired) electrons. The maximum absolute atomic E-state index is 13.1. The quantitative estimate of drug-likeness (QED) is 0.0222. The monoisotopic (exact) mass is 1450 g/mol. The van der Waals surface area contributed by atoms with Crippen LogP contribution in [0.5, 0.6) is 0 Å². The Morgan fingerprint density at radius 2 is 0.465 bits per heavy atom. The van der Waals surface area contributed by atoms with Crippen LogP contribution in [-0.2, 0) is 65.4 Å². The Hall–Kier alpha value is -1.94. The summed E-state index contributed by atoms with van der Waals surface area (Å²) in [7, 11) is -9.91. The third-order valence-electron chi connectivity index (χ3n) is 18.7. The minimum absolute atomic E-state index is 0.106. The van der Waals surface area contributed by atoms with Crippen molar-refractivity contribution in [1.82, 2.24) is 0 Å². The molecule has 0 fully saturated rings. The fourth-order valence-corrected chi connectivity index (χ4v) is 13.9. The number of aliphatic hydroxyl groups is 1. The normalized spacial score (nSPS) is 13.9. The van der Waals surface area contributed by atoms with E-state index in [1.54, 1.807) is 0 Å². The topological polar surface area (TPSA) is 237 Å². The standard InChI is InChI=1S/C80H156O17P2/c1-7-9-11-13-15-17-18-19-20-21-22-23-24-25-26-31-34-40-46-52-58-64-79(84)97-76(69-91-78(83)63-57-51-45-39-33-30-28-27-29-32-37-42-48-54-60-72(3)4)71-95-99(88,89)93-67-74(81)66-92-98(86,87)94-70-75(68-90-77(82)62-56-50-44-16-14-12-10-8-2)96-80(85)65-59-53-47-41-36-35-38-43-49-55-61-73(5)6/h72-76,81H,7-71H2,1-6H3,(H,86,87)(H,88,89)/t74-,75+,76+/m0/s1. The van der Waals surface area contributed by atoms with E-state index in [0.717, 1.165) is 108 Å². The first-order valence-corrected chi connectivity index (χ1v) is 44.5. The molecule has 0 aromatic rings. The Morgan fingerprint density at radius 3 is 0.687 bits per heavy atom. The van der Waals surface area contributed by atoms with Crippen molar-refractivity contribution in [2.75, 3.05) is 39.6 Å². The van der Waals surface area contributed by atoms with Crippen molar-refractivity contribution in [3.05, 3.63) is 0 Å². The van der Waals surface area contributed by atoms with Crippen LogP contribution in [-0.4, -0.2) is 96.7 Å². The maximum Gasteiger partial charge on any atom is 0.472 e. The van der Waals surface area contributed by atoms with Crippen molar-refractivity contribution in [3.63, 3.8) is 0 Å². The fraction of sp³-hybridized carbons (Fsp3) is 0.950. The molecule has 0 bridgehead atoms. The molecule has 588 valence electrons. The van der Waals surface area contributed by atoms with Crippen molar-refractivity contribution in [1.29, 1.82) is 0 Å². The van der Waals surface area contributed by atoms with E-state index < -0.39 is 97.5 Å². The molecule has 5 atom stereocenters.